The summed E-state index contributed by atoms with van der Waals surface area (Å²) in [6.07, 6.45) is 8.33. The Morgan fingerprint density at radius 3 is 2.48 bits per heavy atom. The smallest absolute Gasteiger partial charge is 0.245 e. The molecule has 1 aliphatic heterocycles. The molecule has 7 heteroatoms. The van der Waals surface area contributed by atoms with E-state index in [2.05, 4.69) is 10.1 Å². The van der Waals surface area contributed by atoms with Gasteiger partial charge in [-0.2, -0.15) is 4.98 Å². The van der Waals surface area contributed by atoms with Gasteiger partial charge >= 0.3 is 0 Å². The first kappa shape index (κ1) is 15.0. The number of nitrogens with two attached hydrogens (primary N) is 1. The Labute approximate surface area is 125 Å². The highest BCUT2D eigenvalue weighted by Crippen LogP contribution is 2.36. The van der Waals surface area contributed by atoms with E-state index < -0.39 is 20.6 Å². The van der Waals surface area contributed by atoms with Gasteiger partial charge in [0.15, 0.2) is 15.7 Å². The zero-order valence-corrected chi connectivity index (χ0v) is 13.1. The lowest BCUT2D eigenvalue weighted by Crippen LogP contribution is -2.37. The number of hydrogen-bond acceptors (Lipinski definition) is 6. The summed E-state index contributed by atoms with van der Waals surface area (Å²) in [7, 11) is -3.16. The molecule has 3 rings (SSSR count). The number of aromatic nitrogens is 2. The number of hydrogen-bond donors (Lipinski definition) is 1. The third-order valence-corrected chi connectivity index (χ3v) is 6.90. The molecule has 1 aliphatic carbocycles. The molecule has 2 heterocycles. The van der Waals surface area contributed by atoms with Crippen molar-refractivity contribution in [2.45, 2.75) is 68.6 Å². The maximum atomic E-state index is 12.1. The normalized spacial score (nSPS) is 28.9. The Bertz CT molecular complexity index is 588. The first-order chi connectivity index (χ1) is 10.0. The molecule has 0 spiro atoms. The van der Waals surface area contributed by atoms with E-state index >= 15 is 0 Å². The summed E-state index contributed by atoms with van der Waals surface area (Å²) in [5.41, 5.74) is 5.90. The van der Waals surface area contributed by atoms with Gasteiger partial charge in [0.1, 0.15) is 5.25 Å². The van der Waals surface area contributed by atoms with Gasteiger partial charge in [-0.25, -0.2) is 8.42 Å². The Morgan fingerprint density at radius 1 is 1.10 bits per heavy atom. The largest absolute Gasteiger partial charge is 0.338 e. The van der Waals surface area contributed by atoms with Gasteiger partial charge in [0.2, 0.25) is 5.89 Å². The van der Waals surface area contributed by atoms with Crippen molar-refractivity contribution in [3.8, 4) is 0 Å². The lowest BCUT2D eigenvalue weighted by atomic mass is 9.91. The minimum Gasteiger partial charge on any atom is -0.338 e. The van der Waals surface area contributed by atoms with Gasteiger partial charge in [-0.05, 0) is 25.7 Å². The molecule has 21 heavy (non-hydrogen) atoms. The highest BCUT2D eigenvalue weighted by molar-refractivity contribution is 7.91. The van der Waals surface area contributed by atoms with Crippen molar-refractivity contribution in [2.75, 3.05) is 5.75 Å². The molecule has 1 saturated heterocycles. The molecular formula is C14H23N3O3S. The van der Waals surface area contributed by atoms with E-state index in [9.17, 15) is 8.42 Å². The van der Waals surface area contributed by atoms with Crippen LogP contribution in [0.4, 0.5) is 0 Å². The second kappa shape index (κ2) is 5.68. The van der Waals surface area contributed by atoms with Crippen LogP contribution < -0.4 is 5.73 Å². The molecule has 0 radical (unpaired) electrons. The topological polar surface area (TPSA) is 99.1 Å². The van der Waals surface area contributed by atoms with E-state index in [0.717, 1.165) is 38.5 Å². The van der Waals surface area contributed by atoms with E-state index in [0.29, 0.717) is 12.2 Å². The lowest BCUT2D eigenvalue weighted by Gasteiger charge is -2.23. The third kappa shape index (κ3) is 2.99. The van der Waals surface area contributed by atoms with Crippen molar-refractivity contribution in [2.24, 2.45) is 5.73 Å². The molecule has 1 unspecified atom stereocenters. The summed E-state index contributed by atoms with van der Waals surface area (Å²) < 4.78 is 29.6. The Hall–Kier alpha value is -0.950. The average Bonchev–Trinajstić information content (AvgIpc) is 2.82. The fraction of sp³-hybridized carbons (Fsp3) is 0.857. The summed E-state index contributed by atoms with van der Waals surface area (Å²) in [5, 5.41) is 3.38. The van der Waals surface area contributed by atoms with Crippen LogP contribution in [-0.2, 0) is 15.4 Å². The van der Waals surface area contributed by atoms with E-state index in [4.69, 9.17) is 10.3 Å². The van der Waals surface area contributed by atoms with Crippen LogP contribution in [0.2, 0.25) is 0 Å². The minimum atomic E-state index is -3.16. The van der Waals surface area contributed by atoms with Crippen LogP contribution in [0.3, 0.4) is 0 Å². The molecule has 2 N–H and O–H groups in total. The second-order valence-corrected chi connectivity index (χ2v) is 8.68. The first-order valence-electron chi connectivity index (χ1n) is 7.86. The molecule has 0 aromatic carbocycles. The fourth-order valence-electron chi connectivity index (χ4n) is 3.38. The quantitative estimate of drug-likeness (QED) is 0.840. The van der Waals surface area contributed by atoms with Crippen molar-refractivity contribution in [3.05, 3.63) is 11.7 Å². The molecule has 0 amide bonds. The highest BCUT2D eigenvalue weighted by atomic mass is 32.2. The number of nitrogens with zero attached hydrogens (tertiary/aromatic N) is 2. The van der Waals surface area contributed by atoms with Gasteiger partial charge in [-0.1, -0.05) is 37.3 Å². The first-order valence-corrected chi connectivity index (χ1v) is 9.57. The zero-order chi connectivity index (χ0) is 14.9. The molecule has 2 aliphatic rings. The van der Waals surface area contributed by atoms with Gasteiger partial charge < -0.3 is 10.3 Å². The van der Waals surface area contributed by atoms with E-state index in [1.165, 1.54) is 12.8 Å². The third-order valence-electron chi connectivity index (χ3n) is 4.74. The van der Waals surface area contributed by atoms with E-state index in [-0.39, 0.29) is 11.6 Å². The number of rotatable bonds is 2. The van der Waals surface area contributed by atoms with Gasteiger partial charge in [-0.15, -0.1) is 0 Å². The van der Waals surface area contributed by atoms with Crippen LogP contribution in [0.1, 0.15) is 74.8 Å². The predicted molar refractivity (Wildman–Crippen MR) is 78.2 cm³/mol. The summed E-state index contributed by atoms with van der Waals surface area (Å²) >= 11 is 0. The van der Waals surface area contributed by atoms with Crippen molar-refractivity contribution in [3.63, 3.8) is 0 Å². The Morgan fingerprint density at radius 2 is 1.81 bits per heavy atom. The van der Waals surface area contributed by atoms with Crippen LogP contribution >= 0.6 is 0 Å². The second-order valence-electron chi connectivity index (χ2n) is 6.38. The maximum Gasteiger partial charge on any atom is 0.245 e. The lowest BCUT2D eigenvalue weighted by molar-refractivity contribution is 0.321. The van der Waals surface area contributed by atoms with Crippen LogP contribution in [-0.4, -0.2) is 24.3 Å². The molecule has 1 saturated carbocycles. The SMILES string of the molecule is NC1(c2noc(C3CCCCS3(=O)=O)n2)CCCCCC1. The minimum absolute atomic E-state index is 0.211. The summed E-state index contributed by atoms with van der Waals surface area (Å²) in [5.74, 6) is 0.933. The van der Waals surface area contributed by atoms with Gasteiger partial charge in [0, 0.05) is 0 Å². The van der Waals surface area contributed by atoms with Gasteiger partial charge in [0.05, 0.1) is 11.3 Å². The Balaban J connectivity index is 1.85. The summed E-state index contributed by atoms with van der Waals surface area (Å²) in [6, 6.07) is 0. The van der Waals surface area contributed by atoms with Crippen molar-refractivity contribution < 1.29 is 12.9 Å². The van der Waals surface area contributed by atoms with Crippen LogP contribution in [0.15, 0.2) is 4.52 Å². The van der Waals surface area contributed by atoms with E-state index in [1.54, 1.807) is 0 Å². The van der Waals surface area contributed by atoms with Gasteiger partial charge in [-0.3, -0.25) is 0 Å². The van der Waals surface area contributed by atoms with Crippen molar-refractivity contribution in [1.82, 2.24) is 10.1 Å². The monoisotopic (exact) mass is 313 g/mol. The fourth-order valence-corrected chi connectivity index (χ4v) is 5.20. The molecule has 1 atom stereocenters. The molecule has 1 aromatic heterocycles. The zero-order valence-electron chi connectivity index (χ0n) is 12.3. The molecule has 0 bridgehead atoms. The van der Waals surface area contributed by atoms with E-state index in [1.807, 2.05) is 0 Å². The van der Waals surface area contributed by atoms with Gasteiger partial charge in [0.25, 0.3) is 0 Å². The summed E-state index contributed by atoms with van der Waals surface area (Å²) in [6.45, 7) is 0. The standard InChI is InChI=1S/C14H23N3O3S/c15-14(8-4-1-2-5-9-14)13-16-12(20-17-13)11-7-3-6-10-21(11,18)19/h11H,1-10,15H2. The van der Waals surface area contributed by atoms with Crippen molar-refractivity contribution in [1.29, 1.82) is 0 Å². The van der Waals surface area contributed by atoms with Crippen LogP contribution in [0.25, 0.3) is 0 Å². The molecule has 6 nitrogen and oxygen atoms in total. The average molecular weight is 313 g/mol. The van der Waals surface area contributed by atoms with Crippen molar-refractivity contribution >= 4 is 9.84 Å². The maximum absolute atomic E-state index is 12.1. The molecule has 1 aromatic rings. The highest BCUT2D eigenvalue weighted by Gasteiger charge is 2.38. The molecule has 118 valence electrons. The number of sulfone groups is 1. The predicted octanol–water partition coefficient (Wildman–Crippen LogP) is 2.22. The molecule has 2 fully saturated rings. The molecular weight excluding hydrogens is 290 g/mol. The Kier molecular flexibility index (Phi) is 4.05. The van der Waals surface area contributed by atoms with Crippen LogP contribution in [0.5, 0.6) is 0 Å². The van der Waals surface area contributed by atoms with Crippen LogP contribution in [0, 0.1) is 0 Å². The summed E-state index contributed by atoms with van der Waals surface area (Å²) in [4.78, 5) is 4.38.